The summed E-state index contributed by atoms with van der Waals surface area (Å²) in [6.07, 6.45) is 0. The average Bonchev–Trinajstić information content (AvgIpc) is 1.61. The van der Waals surface area contributed by atoms with Crippen molar-refractivity contribution < 1.29 is 5.11 Å². The minimum absolute atomic E-state index is 0.187. The molecule has 1 N–H and O–H groups in total. The van der Waals surface area contributed by atoms with Crippen LogP contribution in [0.5, 0.6) is 0 Å². The first-order valence-corrected chi connectivity index (χ1v) is 1.86. The third-order valence-electron chi connectivity index (χ3n) is 0.305. The van der Waals surface area contributed by atoms with E-state index in [9.17, 15) is 0 Å². The summed E-state index contributed by atoms with van der Waals surface area (Å²) in [5.41, 5.74) is 0. The van der Waals surface area contributed by atoms with Crippen molar-refractivity contribution in [2.24, 2.45) is 10.2 Å². The summed E-state index contributed by atoms with van der Waals surface area (Å²) in [7, 11) is 0. The fourth-order valence-electron chi connectivity index (χ4n) is 0.145. The van der Waals surface area contributed by atoms with E-state index in [0.29, 0.717) is 6.54 Å². The minimum Gasteiger partial charge on any atom is -0.373 e. The van der Waals surface area contributed by atoms with Gasteiger partial charge in [-0.1, -0.05) is 0 Å². The van der Waals surface area contributed by atoms with Crippen molar-refractivity contribution in [2.45, 2.75) is 6.92 Å². The van der Waals surface area contributed by atoms with E-state index in [4.69, 9.17) is 5.11 Å². The van der Waals surface area contributed by atoms with Gasteiger partial charge in [0.2, 0.25) is 0 Å². The average molecular weight is 88.1 g/mol. The normalized spacial score (nSPS) is 10.3. The topological polar surface area (TPSA) is 45.0 Å². The van der Waals surface area contributed by atoms with Crippen LogP contribution >= 0.6 is 0 Å². The van der Waals surface area contributed by atoms with Crippen LogP contribution in [0, 0.1) is 0 Å². The Morgan fingerprint density at radius 1 is 1.50 bits per heavy atom. The SMILES string of the molecule is CC/N=N/CO. The van der Waals surface area contributed by atoms with E-state index in [1.807, 2.05) is 6.92 Å². The maximum atomic E-state index is 7.94. The van der Waals surface area contributed by atoms with Gasteiger partial charge < -0.3 is 5.11 Å². The van der Waals surface area contributed by atoms with Crippen LogP contribution < -0.4 is 0 Å². The molecule has 0 aliphatic carbocycles. The number of hydrogen-bond acceptors (Lipinski definition) is 3. The maximum absolute atomic E-state index is 7.94. The van der Waals surface area contributed by atoms with E-state index in [0.717, 1.165) is 0 Å². The number of aliphatic hydroxyl groups excluding tert-OH is 1. The van der Waals surface area contributed by atoms with Gasteiger partial charge in [0, 0.05) is 0 Å². The molecular weight excluding hydrogens is 80.0 g/mol. The summed E-state index contributed by atoms with van der Waals surface area (Å²) in [5, 5.41) is 14.7. The molecule has 0 saturated heterocycles. The van der Waals surface area contributed by atoms with Crippen LogP contribution in [0.1, 0.15) is 6.92 Å². The summed E-state index contributed by atoms with van der Waals surface area (Å²) in [5.74, 6) is 0. The highest BCUT2D eigenvalue weighted by molar-refractivity contribution is 4.19. The standard InChI is InChI=1S/C3H8N2O/c1-2-4-5-3-6/h6H,2-3H2,1H3/b5-4+. The van der Waals surface area contributed by atoms with Crippen molar-refractivity contribution in [3.63, 3.8) is 0 Å². The number of hydrogen-bond donors (Lipinski definition) is 1. The highest BCUT2D eigenvalue weighted by Gasteiger charge is 1.60. The molecule has 0 bridgehead atoms. The van der Waals surface area contributed by atoms with Gasteiger partial charge in [0.25, 0.3) is 0 Å². The van der Waals surface area contributed by atoms with Crippen LogP contribution in [0.25, 0.3) is 0 Å². The smallest absolute Gasteiger partial charge is 0.154 e. The fraction of sp³-hybridized carbons (Fsp3) is 1.00. The lowest BCUT2D eigenvalue weighted by molar-refractivity contribution is 0.299. The molecule has 3 heteroatoms. The van der Waals surface area contributed by atoms with Crippen molar-refractivity contribution in [2.75, 3.05) is 13.3 Å². The van der Waals surface area contributed by atoms with Crippen molar-refractivity contribution in [3.8, 4) is 0 Å². The molecule has 0 aromatic heterocycles. The molecule has 0 fully saturated rings. The lowest BCUT2D eigenvalue weighted by Gasteiger charge is -1.73. The van der Waals surface area contributed by atoms with Crippen molar-refractivity contribution in [1.29, 1.82) is 0 Å². The van der Waals surface area contributed by atoms with Gasteiger partial charge in [0.1, 0.15) is 0 Å². The van der Waals surface area contributed by atoms with Gasteiger partial charge >= 0.3 is 0 Å². The van der Waals surface area contributed by atoms with Gasteiger partial charge in [0.15, 0.2) is 6.73 Å². The van der Waals surface area contributed by atoms with Crippen LogP contribution in [0.2, 0.25) is 0 Å². The zero-order chi connectivity index (χ0) is 4.83. The van der Waals surface area contributed by atoms with Crippen molar-refractivity contribution in [3.05, 3.63) is 0 Å². The zero-order valence-corrected chi connectivity index (χ0v) is 3.76. The first-order valence-electron chi connectivity index (χ1n) is 1.86. The van der Waals surface area contributed by atoms with Crippen LogP contribution in [0.15, 0.2) is 10.2 Å². The van der Waals surface area contributed by atoms with Gasteiger partial charge in [-0.3, -0.25) is 0 Å². The van der Waals surface area contributed by atoms with Gasteiger partial charge in [-0.2, -0.15) is 10.2 Å². The van der Waals surface area contributed by atoms with Gasteiger partial charge in [-0.15, -0.1) is 0 Å². The Kier molecular flexibility index (Phi) is 4.23. The second kappa shape index (κ2) is 4.56. The molecule has 0 aromatic rings. The molecule has 0 saturated carbocycles. The molecule has 0 spiro atoms. The van der Waals surface area contributed by atoms with Gasteiger partial charge in [-0.05, 0) is 6.92 Å². The number of azo groups is 1. The van der Waals surface area contributed by atoms with E-state index >= 15 is 0 Å². The molecule has 0 aromatic carbocycles. The van der Waals surface area contributed by atoms with Crippen LogP contribution in [0.3, 0.4) is 0 Å². The van der Waals surface area contributed by atoms with E-state index in [1.165, 1.54) is 0 Å². The Morgan fingerprint density at radius 3 is 2.33 bits per heavy atom. The Bertz CT molecular complexity index is 38.1. The second-order valence-corrected chi connectivity index (χ2v) is 0.740. The summed E-state index contributed by atoms with van der Waals surface area (Å²) in [6, 6.07) is 0. The van der Waals surface area contributed by atoms with E-state index in [-0.39, 0.29) is 6.73 Å². The molecule has 0 unspecified atom stereocenters. The highest BCUT2D eigenvalue weighted by atomic mass is 16.3. The highest BCUT2D eigenvalue weighted by Crippen LogP contribution is 1.67. The van der Waals surface area contributed by atoms with Crippen LogP contribution in [-0.4, -0.2) is 18.4 Å². The third kappa shape index (κ3) is 3.56. The first kappa shape index (κ1) is 5.56. The molecular formula is C3H8N2O. The largest absolute Gasteiger partial charge is 0.373 e. The van der Waals surface area contributed by atoms with E-state index in [1.54, 1.807) is 0 Å². The second-order valence-electron chi connectivity index (χ2n) is 0.740. The van der Waals surface area contributed by atoms with Crippen LogP contribution in [0.4, 0.5) is 0 Å². The van der Waals surface area contributed by atoms with Crippen molar-refractivity contribution >= 4 is 0 Å². The Hall–Kier alpha value is -0.440. The Labute approximate surface area is 36.7 Å². The molecule has 0 aliphatic rings. The molecule has 0 atom stereocenters. The third-order valence-corrected chi connectivity index (χ3v) is 0.305. The molecule has 3 nitrogen and oxygen atoms in total. The quantitative estimate of drug-likeness (QED) is 0.488. The Balaban J connectivity index is 2.73. The van der Waals surface area contributed by atoms with Crippen LogP contribution in [-0.2, 0) is 0 Å². The molecule has 0 heterocycles. The zero-order valence-electron chi connectivity index (χ0n) is 3.76. The minimum atomic E-state index is -0.187. The molecule has 0 radical (unpaired) electrons. The number of aliphatic hydroxyl groups is 1. The monoisotopic (exact) mass is 88.1 g/mol. The Morgan fingerprint density at radius 2 is 2.17 bits per heavy atom. The molecule has 36 valence electrons. The maximum Gasteiger partial charge on any atom is 0.154 e. The summed E-state index contributed by atoms with van der Waals surface area (Å²) in [6.45, 7) is 2.33. The predicted molar refractivity (Wildman–Crippen MR) is 22.5 cm³/mol. The summed E-state index contributed by atoms with van der Waals surface area (Å²) < 4.78 is 0. The first-order chi connectivity index (χ1) is 2.91. The number of rotatable bonds is 2. The van der Waals surface area contributed by atoms with Gasteiger partial charge in [-0.25, -0.2) is 0 Å². The molecule has 6 heavy (non-hydrogen) atoms. The summed E-state index contributed by atoms with van der Waals surface area (Å²) >= 11 is 0. The van der Waals surface area contributed by atoms with E-state index in [2.05, 4.69) is 10.2 Å². The van der Waals surface area contributed by atoms with Gasteiger partial charge in [0.05, 0.1) is 6.54 Å². The van der Waals surface area contributed by atoms with Crippen molar-refractivity contribution in [1.82, 2.24) is 0 Å². The predicted octanol–water partition coefficient (Wildman–Crippen LogP) is 0.408. The fourth-order valence-corrected chi connectivity index (χ4v) is 0.145. The molecule has 0 amide bonds. The lowest BCUT2D eigenvalue weighted by Crippen LogP contribution is -1.70. The lowest BCUT2D eigenvalue weighted by atomic mass is 10.8. The summed E-state index contributed by atoms with van der Waals surface area (Å²) in [4.78, 5) is 0. The van der Waals surface area contributed by atoms with E-state index < -0.39 is 0 Å². The number of nitrogens with zero attached hydrogens (tertiary/aromatic N) is 2. The molecule has 0 rings (SSSR count). The molecule has 0 aliphatic heterocycles.